The van der Waals surface area contributed by atoms with E-state index in [0.29, 0.717) is 5.88 Å². The number of ether oxygens (including phenoxy) is 1. The van der Waals surface area contributed by atoms with Crippen molar-refractivity contribution >= 4 is 49.1 Å². The van der Waals surface area contributed by atoms with Gasteiger partial charge in [0.25, 0.3) is 5.91 Å². The Kier molecular flexibility index (Phi) is 5.91. The number of rotatable bonds is 2. The summed E-state index contributed by atoms with van der Waals surface area (Å²) in [5, 5.41) is 8.52. The highest BCUT2D eigenvalue weighted by Crippen LogP contribution is 2.53. The lowest BCUT2D eigenvalue weighted by molar-refractivity contribution is -0.117. The van der Waals surface area contributed by atoms with Crippen LogP contribution >= 0.6 is 31.9 Å². The van der Waals surface area contributed by atoms with E-state index in [1.807, 2.05) is 30.3 Å². The highest BCUT2D eigenvalue weighted by Gasteiger charge is 2.48. The van der Waals surface area contributed by atoms with Gasteiger partial charge in [0.05, 0.1) is 18.4 Å². The molecule has 25 heavy (non-hydrogen) atoms. The van der Waals surface area contributed by atoms with Crippen molar-refractivity contribution in [2.24, 2.45) is 0 Å². The molecule has 0 bridgehead atoms. The largest absolute Gasteiger partial charge is 0.481 e. The number of halogens is 2. The number of nitrogens with zero attached hydrogens (tertiary/aromatic N) is 2. The Morgan fingerprint density at radius 3 is 2.28 bits per heavy atom. The van der Waals surface area contributed by atoms with Crippen molar-refractivity contribution in [1.82, 2.24) is 4.98 Å². The molecule has 0 unspecified atom stereocenters. The Morgan fingerprint density at radius 1 is 1.20 bits per heavy atom. The predicted molar refractivity (Wildman–Crippen MR) is 106 cm³/mol. The summed E-state index contributed by atoms with van der Waals surface area (Å²) in [5.41, 5.74) is 1.81. The molecule has 0 atom stereocenters. The fourth-order valence-corrected chi connectivity index (χ4v) is 3.13. The molecular weight excluding hydrogens is 452 g/mol. The first-order valence-electron chi connectivity index (χ1n) is 7.60. The third-order valence-electron chi connectivity index (χ3n) is 3.13. The van der Waals surface area contributed by atoms with Crippen molar-refractivity contribution in [2.75, 3.05) is 12.0 Å². The van der Waals surface area contributed by atoms with E-state index < -0.39 is 8.83 Å². The third kappa shape index (κ3) is 4.59. The molecule has 0 fully saturated rings. The molecule has 1 aliphatic rings. The molecule has 1 aromatic carbocycles. The van der Waals surface area contributed by atoms with Crippen LogP contribution in [-0.4, -0.2) is 28.7 Å². The Labute approximate surface area is 164 Å². The Morgan fingerprint density at radius 2 is 1.76 bits per heavy atom. The van der Waals surface area contributed by atoms with E-state index >= 15 is 0 Å². The number of para-hydroxylation sites is 1. The Balaban J connectivity index is 0.000000399. The maximum absolute atomic E-state index is 12.6. The SMILES string of the molecule is CC(C)(C)O.COc1cc2c(cn1)C(Br)(Br)C(=O)N2c1ccccc1. The first-order valence-corrected chi connectivity index (χ1v) is 9.18. The second kappa shape index (κ2) is 7.43. The molecule has 2 aromatic rings. The highest BCUT2D eigenvalue weighted by atomic mass is 79.9. The van der Waals surface area contributed by atoms with Crippen molar-refractivity contribution in [3.63, 3.8) is 0 Å². The number of fused-ring (bicyclic) bond motifs is 1. The van der Waals surface area contributed by atoms with Gasteiger partial charge in [0.15, 0.2) is 3.23 Å². The maximum atomic E-state index is 12.6. The summed E-state index contributed by atoms with van der Waals surface area (Å²) < 4.78 is 4.19. The fourth-order valence-electron chi connectivity index (χ4n) is 2.16. The number of alkyl halides is 2. The molecule has 1 aliphatic heterocycles. The van der Waals surface area contributed by atoms with Crippen molar-refractivity contribution in [3.8, 4) is 5.88 Å². The molecule has 0 saturated heterocycles. The maximum Gasteiger partial charge on any atom is 0.264 e. The average Bonchev–Trinajstić information content (AvgIpc) is 2.73. The first-order chi connectivity index (χ1) is 11.6. The van der Waals surface area contributed by atoms with Crippen LogP contribution in [0.3, 0.4) is 0 Å². The molecule has 1 aromatic heterocycles. The highest BCUT2D eigenvalue weighted by molar-refractivity contribution is 9.25. The minimum atomic E-state index is -0.954. The summed E-state index contributed by atoms with van der Waals surface area (Å²) in [5.74, 6) is 0.351. The fraction of sp³-hybridized carbons (Fsp3) is 0.333. The van der Waals surface area contributed by atoms with Crippen molar-refractivity contribution in [3.05, 3.63) is 48.2 Å². The Hall–Kier alpha value is -1.44. The zero-order chi connectivity index (χ0) is 18.8. The smallest absolute Gasteiger partial charge is 0.264 e. The molecule has 5 nitrogen and oxygen atoms in total. The number of amides is 1. The molecule has 2 heterocycles. The van der Waals surface area contributed by atoms with Gasteiger partial charge in [-0.2, -0.15) is 0 Å². The van der Waals surface area contributed by atoms with Crippen LogP contribution in [0.1, 0.15) is 26.3 Å². The molecular formula is C18H20Br2N2O3. The van der Waals surface area contributed by atoms with Crippen molar-refractivity contribution in [1.29, 1.82) is 0 Å². The topological polar surface area (TPSA) is 62.7 Å². The number of aliphatic hydroxyl groups is 1. The second-order valence-electron chi connectivity index (χ2n) is 6.47. The monoisotopic (exact) mass is 470 g/mol. The molecule has 1 amide bonds. The van der Waals surface area contributed by atoms with Crippen molar-refractivity contribution in [2.45, 2.75) is 29.6 Å². The number of anilines is 2. The number of carbonyl (C=O) groups is 1. The standard InChI is InChI=1S/C14H10Br2N2O2.C4H10O/c1-20-12-7-11-10(8-17-12)14(15,16)13(19)18(11)9-5-3-2-4-6-9;1-4(2,3)5/h2-8H,1H3;5H,1-3H3. The van der Waals surface area contributed by atoms with Gasteiger partial charge in [-0.1, -0.05) is 50.1 Å². The molecule has 1 N–H and O–H groups in total. The minimum Gasteiger partial charge on any atom is -0.481 e. The van der Waals surface area contributed by atoms with E-state index in [2.05, 4.69) is 36.8 Å². The van der Waals surface area contributed by atoms with Gasteiger partial charge >= 0.3 is 0 Å². The summed E-state index contributed by atoms with van der Waals surface area (Å²) >= 11 is 6.87. The predicted octanol–water partition coefficient (Wildman–Crippen LogP) is 4.49. The van der Waals surface area contributed by atoms with Crippen LogP contribution in [0.2, 0.25) is 0 Å². The lowest BCUT2D eigenvalue weighted by Crippen LogP contribution is -2.28. The lowest BCUT2D eigenvalue weighted by atomic mass is 10.2. The zero-order valence-corrected chi connectivity index (χ0v) is 17.6. The summed E-state index contributed by atoms with van der Waals surface area (Å²) in [6, 6.07) is 11.2. The van der Waals surface area contributed by atoms with E-state index in [1.54, 1.807) is 45.0 Å². The number of hydrogen-bond acceptors (Lipinski definition) is 4. The van der Waals surface area contributed by atoms with Gasteiger partial charge in [-0.25, -0.2) is 4.98 Å². The van der Waals surface area contributed by atoms with Gasteiger partial charge in [0.2, 0.25) is 5.88 Å². The summed E-state index contributed by atoms with van der Waals surface area (Å²) in [4.78, 5) is 18.5. The zero-order valence-electron chi connectivity index (χ0n) is 14.5. The average molecular weight is 472 g/mol. The van der Waals surface area contributed by atoms with Crippen LogP contribution in [0, 0.1) is 0 Å². The molecule has 7 heteroatoms. The molecule has 0 radical (unpaired) electrons. The second-order valence-corrected chi connectivity index (χ2v) is 9.91. The third-order valence-corrected chi connectivity index (χ3v) is 4.66. The van der Waals surface area contributed by atoms with Crippen LogP contribution in [-0.2, 0) is 8.03 Å². The number of benzene rings is 1. The number of hydrogen-bond donors (Lipinski definition) is 1. The van der Waals surface area contributed by atoms with Gasteiger partial charge in [-0.05, 0) is 32.9 Å². The summed E-state index contributed by atoms with van der Waals surface area (Å²) in [6.45, 7) is 5.23. The van der Waals surface area contributed by atoms with Crippen LogP contribution in [0.5, 0.6) is 5.88 Å². The van der Waals surface area contributed by atoms with E-state index in [4.69, 9.17) is 9.84 Å². The molecule has 0 spiro atoms. The van der Waals surface area contributed by atoms with E-state index in [-0.39, 0.29) is 5.91 Å². The molecule has 0 saturated carbocycles. The van der Waals surface area contributed by atoms with E-state index in [1.165, 1.54) is 0 Å². The molecule has 0 aliphatic carbocycles. The minimum absolute atomic E-state index is 0.117. The molecule has 134 valence electrons. The number of aromatic nitrogens is 1. The quantitative estimate of drug-likeness (QED) is 0.655. The number of methoxy groups -OCH3 is 1. The molecule has 3 rings (SSSR count). The van der Waals surface area contributed by atoms with Crippen LogP contribution in [0.15, 0.2) is 42.6 Å². The van der Waals surface area contributed by atoms with Gasteiger partial charge in [-0.15, -0.1) is 0 Å². The van der Waals surface area contributed by atoms with E-state index in [9.17, 15) is 4.79 Å². The summed E-state index contributed by atoms with van der Waals surface area (Å²) in [7, 11) is 1.55. The number of carbonyl (C=O) groups excluding carboxylic acids is 1. The normalized spacial score (nSPS) is 15.3. The number of pyridine rings is 1. The van der Waals surface area contributed by atoms with Crippen molar-refractivity contribution < 1.29 is 14.6 Å². The first kappa shape index (κ1) is 19.9. The Bertz CT molecular complexity index is 753. The van der Waals surface area contributed by atoms with E-state index in [0.717, 1.165) is 16.9 Å². The van der Waals surface area contributed by atoms with Gasteiger partial charge < -0.3 is 9.84 Å². The van der Waals surface area contributed by atoms with Gasteiger partial charge in [0, 0.05) is 23.5 Å². The van der Waals surface area contributed by atoms with Gasteiger partial charge in [-0.3, -0.25) is 9.69 Å². The summed E-state index contributed by atoms with van der Waals surface area (Å²) in [6.07, 6.45) is 1.64. The lowest BCUT2D eigenvalue weighted by Gasteiger charge is -2.18. The van der Waals surface area contributed by atoms with Crippen LogP contribution in [0.25, 0.3) is 0 Å². The van der Waals surface area contributed by atoms with Gasteiger partial charge in [0.1, 0.15) is 0 Å². The van der Waals surface area contributed by atoms with Crippen LogP contribution in [0.4, 0.5) is 11.4 Å². The van der Waals surface area contributed by atoms with Crippen LogP contribution < -0.4 is 9.64 Å².